The van der Waals surface area contributed by atoms with Gasteiger partial charge in [0.25, 0.3) is 11.8 Å². The Bertz CT molecular complexity index is 954. The van der Waals surface area contributed by atoms with Crippen molar-refractivity contribution in [3.8, 4) is 0 Å². The standard InChI is InChI=1S/C23H27N5O3/c1-17(2)31-16-15-28-21(29)19(18-7-4-3-5-8-18)20(22(28)30)26-11-13-27(14-12-26)23-24-9-6-10-25-23/h3-10,17H,11-16H2,1-2H3. The van der Waals surface area contributed by atoms with Gasteiger partial charge in [0, 0.05) is 38.6 Å². The van der Waals surface area contributed by atoms with Gasteiger partial charge in [-0.2, -0.15) is 0 Å². The number of carbonyl (C=O) groups is 2. The van der Waals surface area contributed by atoms with Crippen LogP contribution in [0.5, 0.6) is 0 Å². The van der Waals surface area contributed by atoms with Crippen LogP contribution in [0.15, 0.2) is 54.5 Å². The van der Waals surface area contributed by atoms with Crippen LogP contribution >= 0.6 is 0 Å². The Kier molecular flexibility index (Phi) is 6.27. The van der Waals surface area contributed by atoms with Gasteiger partial charge in [-0.15, -0.1) is 0 Å². The van der Waals surface area contributed by atoms with Crippen LogP contribution in [0.4, 0.5) is 5.95 Å². The summed E-state index contributed by atoms with van der Waals surface area (Å²) in [6, 6.07) is 11.2. The fraction of sp³-hybridized carbons (Fsp3) is 0.391. The van der Waals surface area contributed by atoms with E-state index in [1.807, 2.05) is 49.1 Å². The molecule has 2 aromatic rings. The van der Waals surface area contributed by atoms with Crippen LogP contribution in [0.1, 0.15) is 19.4 Å². The van der Waals surface area contributed by atoms with E-state index in [2.05, 4.69) is 14.9 Å². The van der Waals surface area contributed by atoms with Crippen molar-refractivity contribution in [3.63, 3.8) is 0 Å². The lowest BCUT2D eigenvalue weighted by Crippen LogP contribution is -2.48. The van der Waals surface area contributed by atoms with Crippen LogP contribution in [-0.2, 0) is 14.3 Å². The third-order valence-corrected chi connectivity index (χ3v) is 5.40. The molecule has 8 heteroatoms. The predicted molar refractivity (Wildman–Crippen MR) is 117 cm³/mol. The highest BCUT2D eigenvalue weighted by molar-refractivity contribution is 6.35. The number of benzene rings is 1. The first-order valence-electron chi connectivity index (χ1n) is 10.6. The minimum absolute atomic E-state index is 0.0436. The maximum Gasteiger partial charge on any atom is 0.277 e. The molecule has 0 atom stereocenters. The molecule has 0 saturated carbocycles. The molecule has 2 aliphatic heterocycles. The number of ether oxygens (including phenoxy) is 1. The quantitative estimate of drug-likeness (QED) is 0.631. The van der Waals surface area contributed by atoms with Crippen molar-refractivity contribution in [1.82, 2.24) is 19.8 Å². The SMILES string of the molecule is CC(C)OCCN1C(=O)C(c2ccccc2)=C(N2CCN(c3ncccn3)CC2)C1=O. The molecule has 31 heavy (non-hydrogen) atoms. The van der Waals surface area contributed by atoms with E-state index in [0.29, 0.717) is 50.0 Å². The molecule has 0 radical (unpaired) electrons. The summed E-state index contributed by atoms with van der Waals surface area (Å²) in [7, 11) is 0. The molecule has 1 aromatic carbocycles. The van der Waals surface area contributed by atoms with Gasteiger partial charge in [0.1, 0.15) is 5.70 Å². The molecule has 2 amide bonds. The molecule has 0 bridgehead atoms. The zero-order valence-corrected chi connectivity index (χ0v) is 17.9. The number of hydrogen-bond donors (Lipinski definition) is 0. The van der Waals surface area contributed by atoms with E-state index in [-0.39, 0.29) is 24.5 Å². The number of rotatable bonds is 7. The molecule has 3 heterocycles. The summed E-state index contributed by atoms with van der Waals surface area (Å²) in [6.45, 7) is 7.00. The zero-order valence-electron chi connectivity index (χ0n) is 17.9. The van der Waals surface area contributed by atoms with Gasteiger partial charge in [0.05, 0.1) is 24.8 Å². The van der Waals surface area contributed by atoms with Gasteiger partial charge in [-0.3, -0.25) is 14.5 Å². The number of aromatic nitrogens is 2. The summed E-state index contributed by atoms with van der Waals surface area (Å²) in [5, 5.41) is 0. The van der Waals surface area contributed by atoms with Crippen molar-refractivity contribution in [1.29, 1.82) is 0 Å². The van der Waals surface area contributed by atoms with Gasteiger partial charge in [-0.05, 0) is 25.5 Å². The minimum Gasteiger partial charge on any atom is -0.377 e. The number of hydrogen-bond acceptors (Lipinski definition) is 7. The first-order valence-corrected chi connectivity index (χ1v) is 10.6. The average Bonchev–Trinajstić information content (AvgIpc) is 3.05. The third-order valence-electron chi connectivity index (χ3n) is 5.40. The molecule has 1 fully saturated rings. The minimum atomic E-state index is -0.257. The van der Waals surface area contributed by atoms with Crippen LogP contribution in [-0.4, -0.2) is 77.0 Å². The van der Waals surface area contributed by atoms with Gasteiger partial charge >= 0.3 is 0 Å². The Labute approximate surface area is 182 Å². The molecule has 162 valence electrons. The van der Waals surface area contributed by atoms with Gasteiger partial charge in [0.15, 0.2) is 0 Å². The first kappa shape index (κ1) is 21.0. The fourth-order valence-electron chi connectivity index (χ4n) is 3.89. The molecule has 0 aliphatic carbocycles. The van der Waals surface area contributed by atoms with Crippen LogP contribution < -0.4 is 4.90 Å². The highest BCUT2D eigenvalue weighted by atomic mass is 16.5. The molecule has 4 rings (SSSR count). The molecular weight excluding hydrogens is 394 g/mol. The number of anilines is 1. The van der Waals surface area contributed by atoms with Gasteiger partial charge in [-0.25, -0.2) is 9.97 Å². The van der Waals surface area contributed by atoms with Gasteiger partial charge in [0.2, 0.25) is 5.95 Å². The maximum absolute atomic E-state index is 13.3. The van der Waals surface area contributed by atoms with E-state index in [1.165, 1.54) is 4.90 Å². The largest absolute Gasteiger partial charge is 0.377 e. The number of amides is 2. The maximum atomic E-state index is 13.3. The Morgan fingerprint density at radius 1 is 0.903 bits per heavy atom. The van der Waals surface area contributed by atoms with Crippen molar-refractivity contribution in [2.45, 2.75) is 20.0 Å². The molecule has 1 aromatic heterocycles. The number of nitrogens with zero attached hydrogens (tertiary/aromatic N) is 5. The first-order chi connectivity index (χ1) is 15.1. The lowest BCUT2D eigenvalue weighted by molar-refractivity contribution is -0.138. The molecule has 0 spiro atoms. The summed E-state index contributed by atoms with van der Waals surface area (Å²) in [4.78, 5) is 40.7. The highest BCUT2D eigenvalue weighted by Crippen LogP contribution is 2.32. The Hall–Kier alpha value is -3.26. The van der Waals surface area contributed by atoms with E-state index in [0.717, 1.165) is 5.56 Å². The molecular formula is C23H27N5O3. The summed E-state index contributed by atoms with van der Waals surface area (Å²) < 4.78 is 5.59. The third kappa shape index (κ3) is 4.44. The second-order valence-electron chi connectivity index (χ2n) is 7.79. The molecule has 0 unspecified atom stereocenters. The van der Waals surface area contributed by atoms with Crippen molar-refractivity contribution in [2.24, 2.45) is 0 Å². The van der Waals surface area contributed by atoms with Crippen LogP contribution in [0.25, 0.3) is 5.57 Å². The molecule has 0 N–H and O–H groups in total. The average molecular weight is 422 g/mol. The van der Waals surface area contributed by atoms with Crippen molar-refractivity contribution in [2.75, 3.05) is 44.2 Å². The smallest absolute Gasteiger partial charge is 0.277 e. The summed E-state index contributed by atoms with van der Waals surface area (Å²) in [6.07, 6.45) is 3.49. The molecule has 2 aliphatic rings. The van der Waals surface area contributed by atoms with E-state index in [1.54, 1.807) is 18.5 Å². The van der Waals surface area contributed by atoms with Crippen molar-refractivity contribution in [3.05, 3.63) is 60.1 Å². The Morgan fingerprint density at radius 2 is 1.55 bits per heavy atom. The van der Waals surface area contributed by atoms with Crippen molar-refractivity contribution < 1.29 is 14.3 Å². The van der Waals surface area contributed by atoms with E-state index in [4.69, 9.17) is 4.74 Å². The normalized spacial score (nSPS) is 17.3. The lowest BCUT2D eigenvalue weighted by atomic mass is 10.0. The van der Waals surface area contributed by atoms with Gasteiger partial charge in [-0.1, -0.05) is 30.3 Å². The summed E-state index contributed by atoms with van der Waals surface area (Å²) in [5.74, 6) is 0.175. The molecule has 8 nitrogen and oxygen atoms in total. The number of carbonyl (C=O) groups excluding carboxylic acids is 2. The molecule has 1 saturated heterocycles. The van der Waals surface area contributed by atoms with E-state index in [9.17, 15) is 9.59 Å². The van der Waals surface area contributed by atoms with Crippen LogP contribution in [0.3, 0.4) is 0 Å². The second-order valence-corrected chi connectivity index (χ2v) is 7.79. The highest BCUT2D eigenvalue weighted by Gasteiger charge is 2.42. The fourth-order valence-corrected chi connectivity index (χ4v) is 3.89. The van der Waals surface area contributed by atoms with E-state index < -0.39 is 0 Å². The Balaban J connectivity index is 1.57. The topological polar surface area (TPSA) is 78.9 Å². The Morgan fingerprint density at radius 3 is 2.19 bits per heavy atom. The second kappa shape index (κ2) is 9.26. The predicted octanol–water partition coefficient (Wildman–Crippen LogP) is 1.80. The number of imide groups is 1. The monoisotopic (exact) mass is 421 g/mol. The van der Waals surface area contributed by atoms with Crippen LogP contribution in [0, 0.1) is 0 Å². The summed E-state index contributed by atoms with van der Waals surface area (Å²) >= 11 is 0. The van der Waals surface area contributed by atoms with E-state index >= 15 is 0 Å². The van der Waals surface area contributed by atoms with Crippen LogP contribution in [0.2, 0.25) is 0 Å². The van der Waals surface area contributed by atoms with Crippen molar-refractivity contribution >= 4 is 23.3 Å². The summed E-state index contributed by atoms with van der Waals surface area (Å²) in [5.41, 5.74) is 1.71. The van der Waals surface area contributed by atoms with Gasteiger partial charge < -0.3 is 14.5 Å². The number of piperazine rings is 1. The lowest BCUT2D eigenvalue weighted by Gasteiger charge is -2.36. The zero-order chi connectivity index (χ0) is 21.8.